The molecule has 0 aliphatic carbocycles. The van der Waals surface area contributed by atoms with Gasteiger partial charge in [0.25, 0.3) is 5.91 Å². The van der Waals surface area contributed by atoms with E-state index in [4.69, 9.17) is 5.73 Å². The van der Waals surface area contributed by atoms with E-state index in [-0.39, 0.29) is 10.5 Å². The van der Waals surface area contributed by atoms with Crippen LogP contribution in [0.2, 0.25) is 0 Å². The molecule has 0 aliphatic rings. The monoisotopic (exact) mass is 246 g/mol. The second-order valence-corrected chi connectivity index (χ2v) is 4.09. The molecule has 0 atom stereocenters. The molecule has 1 aromatic heterocycles. The maximum atomic E-state index is 12.4. The Balaban J connectivity index is 2.58. The van der Waals surface area contributed by atoms with Crippen molar-refractivity contribution >= 4 is 27.5 Å². The highest BCUT2D eigenvalue weighted by Gasteiger charge is 2.30. The fourth-order valence-corrected chi connectivity index (χ4v) is 2.01. The normalized spacial score (nSPS) is 11.9. The number of carbonyl (C=O) groups excluding carboxylic acids is 1. The zero-order valence-corrected chi connectivity index (χ0v) is 8.52. The number of thiazole rings is 1. The molecule has 1 amide bonds. The lowest BCUT2D eigenvalue weighted by Gasteiger charge is -2.04. The Morgan fingerprint density at radius 2 is 2.06 bits per heavy atom. The molecule has 0 fully saturated rings. The molecule has 1 heterocycles. The second-order valence-electron chi connectivity index (χ2n) is 3.06. The van der Waals surface area contributed by atoms with Crippen LogP contribution in [0.4, 0.5) is 13.2 Å². The molecule has 0 saturated carbocycles. The summed E-state index contributed by atoms with van der Waals surface area (Å²) >= 11 is 0.972. The van der Waals surface area contributed by atoms with E-state index in [1.807, 2.05) is 0 Å². The van der Waals surface area contributed by atoms with Crippen LogP contribution in [0.5, 0.6) is 0 Å². The number of carbonyl (C=O) groups is 1. The maximum absolute atomic E-state index is 12.4. The van der Waals surface area contributed by atoms with Gasteiger partial charge in [0.1, 0.15) is 0 Å². The fourth-order valence-electron chi connectivity index (χ4n) is 1.21. The Morgan fingerprint density at radius 1 is 1.38 bits per heavy atom. The number of rotatable bonds is 1. The van der Waals surface area contributed by atoms with Crippen molar-refractivity contribution in [2.45, 2.75) is 6.18 Å². The standard InChI is InChI=1S/C9H5F3N2OS/c10-9(11,12)4-1-2-6-5(3-4)14-8(16-6)7(13)15/h1-3H,(H2,13,15). The molecule has 1 aromatic carbocycles. The number of benzene rings is 1. The van der Waals surface area contributed by atoms with Gasteiger partial charge in [-0.05, 0) is 18.2 Å². The van der Waals surface area contributed by atoms with E-state index in [1.165, 1.54) is 6.07 Å². The van der Waals surface area contributed by atoms with Crippen molar-refractivity contribution in [3.05, 3.63) is 28.8 Å². The molecule has 84 valence electrons. The quantitative estimate of drug-likeness (QED) is 0.840. The number of alkyl halides is 3. The minimum Gasteiger partial charge on any atom is -0.364 e. The zero-order valence-electron chi connectivity index (χ0n) is 7.71. The molecule has 0 unspecified atom stereocenters. The van der Waals surface area contributed by atoms with E-state index in [1.54, 1.807) is 0 Å². The van der Waals surface area contributed by atoms with Crippen molar-refractivity contribution in [1.82, 2.24) is 4.98 Å². The maximum Gasteiger partial charge on any atom is 0.416 e. The predicted molar refractivity (Wildman–Crippen MR) is 53.1 cm³/mol. The smallest absolute Gasteiger partial charge is 0.364 e. The van der Waals surface area contributed by atoms with Gasteiger partial charge in [-0.3, -0.25) is 4.79 Å². The first kappa shape index (κ1) is 10.9. The highest BCUT2D eigenvalue weighted by atomic mass is 32.1. The van der Waals surface area contributed by atoms with Crippen LogP contribution in [0.1, 0.15) is 15.4 Å². The third-order valence-electron chi connectivity index (χ3n) is 1.93. The molecular formula is C9H5F3N2OS. The molecule has 3 nitrogen and oxygen atoms in total. The van der Waals surface area contributed by atoms with Crippen molar-refractivity contribution < 1.29 is 18.0 Å². The molecule has 0 spiro atoms. The molecule has 0 saturated heterocycles. The van der Waals surface area contributed by atoms with E-state index >= 15 is 0 Å². The summed E-state index contributed by atoms with van der Waals surface area (Å²) in [6.07, 6.45) is -4.41. The van der Waals surface area contributed by atoms with Gasteiger partial charge in [-0.2, -0.15) is 13.2 Å². The van der Waals surface area contributed by atoms with Crippen molar-refractivity contribution in [2.75, 3.05) is 0 Å². The molecule has 0 radical (unpaired) electrons. The minimum atomic E-state index is -4.41. The molecule has 2 aromatic rings. The highest BCUT2D eigenvalue weighted by Crippen LogP contribution is 2.32. The minimum absolute atomic E-state index is 0.00863. The number of nitrogens with two attached hydrogens (primary N) is 1. The molecule has 0 bridgehead atoms. The summed E-state index contributed by atoms with van der Waals surface area (Å²) in [5.41, 5.74) is 4.33. The lowest BCUT2D eigenvalue weighted by Crippen LogP contribution is -2.09. The van der Waals surface area contributed by atoms with Gasteiger partial charge in [0.05, 0.1) is 15.8 Å². The van der Waals surface area contributed by atoms with Crippen LogP contribution in [0.3, 0.4) is 0 Å². The lowest BCUT2D eigenvalue weighted by atomic mass is 10.2. The third-order valence-corrected chi connectivity index (χ3v) is 2.98. The van der Waals surface area contributed by atoms with Crippen LogP contribution >= 0.6 is 11.3 Å². The number of aromatic nitrogens is 1. The van der Waals surface area contributed by atoms with E-state index in [0.29, 0.717) is 4.70 Å². The van der Waals surface area contributed by atoms with Crippen LogP contribution in [-0.4, -0.2) is 10.9 Å². The summed E-state index contributed by atoms with van der Waals surface area (Å²) in [6.45, 7) is 0. The van der Waals surface area contributed by atoms with Gasteiger partial charge in [0, 0.05) is 0 Å². The summed E-state index contributed by atoms with van der Waals surface area (Å²) in [5, 5.41) is 0.00863. The Labute approximate surface area is 91.7 Å². The van der Waals surface area contributed by atoms with Gasteiger partial charge in [-0.25, -0.2) is 4.98 Å². The zero-order chi connectivity index (χ0) is 11.9. The number of nitrogens with zero attached hydrogens (tertiary/aromatic N) is 1. The number of hydrogen-bond acceptors (Lipinski definition) is 3. The van der Waals surface area contributed by atoms with Gasteiger partial charge >= 0.3 is 6.18 Å². The summed E-state index contributed by atoms with van der Waals surface area (Å²) in [6, 6.07) is 3.13. The molecule has 2 N–H and O–H groups in total. The third kappa shape index (κ3) is 1.85. The van der Waals surface area contributed by atoms with Crippen LogP contribution in [0.25, 0.3) is 10.2 Å². The number of hydrogen-bond donors (Lipinski definition) is 1. The largest absolute Gasteiger partial charge is 0.416 e. The van der Waals surface area contributed by atoms with Crippen molar-refractivity contribution in [2.24, 2.45) is 5.73 Å². The highest BCUT2D eigenvalue weighted by molar-refractivity contribution is 7.20. The lowest BCUT2D eigenvalue weighted by molar-refractivity contribution is -0.137. The fraction of sp³-hybridized carbons (Fsp3) is 0.111. The second kappa shape index (κ2) is 3.44. The Kier molecular flexibility index (Phi) is 2.34. The number of halogens is 3. The number of amides is 1. The summed E-state index contributed by atoms with van der Waals surface area (Å²) in [7, 11) is 0. The topological polar surface area (TPSA) is 56.0 Å². The van der Waals surface area contributed by atoms with E-state index in [9.17, 15) is 18.0 Å². The van der Waals surface area contributed by atoms with E-state index in [2.05, 4.69) is 4.98 Å². The van der Waals surface area contributed by atoms with Crippen LogP contribution in [-0.2, 0) is 6.18 Å². The molecule has 16 heavy (non-hydrogen) atoms. The number of fused-ring (bicyclic) bond motifs is 1. The molecule has 2 rings (SSSR count). The SMILES string of the molecule is NC(=O)c1nc2cc(C(F)(F)F)ccc2s1. The molecule has 7 heteroatoms. The Bertz CT molecular complexity index is 561. The van der Waals surface area contributed by atoms with Crippen LogP contribution < -0.4 is 5.73 Å². The average Bonchev–Trinajstić information content (AvgIpc) is 2.58. The summed E-state index contributed by atoms with van der Waals surface area (Å²) < 4.78 is 37.6. The van der Waals surface area contributed by atoms with Crippen molar-refractivity contribution in [3.8, 4) is 0 Å². The summed E-state index contributed by atoms with van der Waals surface area (Å²) in [5.74, 6) is -0.741. The first-order chi connectivity index (χ1) is 7.38. The Hall–Kier alpha value is -1.63. The van der Waals surface area contributed by atoms with Crippen molar-refractivity contribution in [3.63, 3.8) is 0 Å². The molecular weight excluding hydrogens is 241 g/mol. The summed E-state index contributed by atoms with van der Waals surface area (Å²) in [4.78, 5) is 14.5. The average molecular weight is 246 g/mol. The Morgan fingerprint density at radius 3 is 2.62 bits per heavy atom. The van der Waals surface area contributed by atoms with Gasteiger partial charge in [-0.15, -0.1) is 11.3 Å². The predicted octanol–water partition coefficient (Wildman–Crippen LogP) is 2.41. The first-order valence-electron chi connectivity index (χ1n) is 4.15. The van der Waals surface area contributed by atoms with Crippen molar-refractivity contribution in [1.29, 1.82) is 0 Å². The van der Waals surface area contributed by atoms with Gasteiger partial charge in [0.15, 0.2) is 5.01 Å². The first-order valence-corrected chi connectivity index (χ1v) is 4.97. The van der Waals surface area contributed by atoms with E-state index < -0.39 is 17.6 Å². The van der Waals surface area contributed by atoms with Gasteiger partial charge in [0.2, 0.25) is 0 Å². The van der Waals surface area contributed by atoms with Gasteiger partial charge in [-0.1, -0.05) is 0 Å². The van der Waals surface area contributed by atoms with Gasteiger partial charge < -0.3 is 5.73 Å². The van der Waals surface area contributed by atoms with Crippen LogP contribution in [0, 0.1) is 0 Å². The van der Waals surface area contributed by atoms with Crippen LogP contribution in [0.15, 0.2) is 18.2 Å². The number of primary amides is 1. The van der Waals surface area contributed by atoms with E-state index in [0.717, 1.165) is 23.5 Å². The molecule has 0 aliphatic heterocycles.